The summed E-state index contributed by atoms with van der Waals surface area (Å²) >= 11 is 0. The van der Waals surface area contributed by atoms with E-state index in [9.17, 15) is 13.2 Å². The number of aromatic nitrogens is 2. The Bertz CT molecular complexity index is 356. The van der Waals surface area contributed by atoms with Crippen LogP contribution in [0.5, 0.6) is 0 Å². The first-order valence-electron chi connectivity index (χ1n) is 4.27. The molecule has 0 aliphatic carbocycles. The lowest BCUT2D eigenvalue weighted by Crippen LogP contribution is -2.10. The average Bonchev–Trinajstić information content (AvgIpc) is 2.59. The standard InChI is InChI=1S/C8H9F3N2O/c1-2-13-6-4-14-3-5(6)7(12-13)8(9,10)11/h2-4H2,1H3. The maximum Gasteiger partial charge on any atom is 0.435 e. The minimum absolute atomic E-state index is 0.0180. The van der Waals surface area contributed by atoms with Crippen molar-refractivity contribution in [2.75, 3.05) is 0 Å². The van der Waals surface area contributed by atoms with Crippen LogP contribution in [-0.2, 0) is 30.7 Å². The topological polar surface area (TPSA) is 27.1 Å². The first-order chi connectivity index (χ1) is 6.54. The van der Waals surface area contributed by atoms with E-state index in [1.165, 1.54) is 4.68 Å². The van der Waals surface area contributed by atoms with Crippen LogP contribution >= 0.6 is 0 Å². The summed E-state index contributed by atoms with van der Waals surface area (Å²) in [5.41, 5.74) is -0.0500. The Morgan fingerprint density at radius 2 is 2.14 bits per heavy atom. The van der Waals surface area contributed by atoms with Crippen molar-refractivity contribution < 1.29 is 17.9 Å². The fourth-order valence-corrected chi connectivity index (χ4v) is 1.59. The third-order valence-electron chi connectivity index (χ3n) is 2.22. The summed E-state index contributed by atoms with van der Waals surface area (Å²) in [6.45, 7) is 2.43. The number of hydrogen-bond acceptors (Lipinski definition) is 2. The number of rotatable bonds is 1. The fraction of sp³-hybridized carbons (Fsp3) is 0.625. The zero-order valence-corrected chi connectivity index (χ0v) is 7.56. The first-order valence-corrected chi connectivity index (χ1v) is 4.27. The van der Waals surface area contributed by atoms with Gasteiger partial charge in [0.15, 0.2) is 5.69 Å². The largest absolute Gasteiger partial charge is 0.435 e. The molecule has 0 saturated carbocycles. The van der Waals surface area contributed by atoms with Gasteiger partial charge in [-0.1, -0.05) is 0 Å². The third kappa shape index (κ3) is 1.30. The zero-order valence-electron chi connectivity index (χ0n) is 7.56. The summed E-state index contributed by atoms with van der Waals surface area (Å²) in [7, 11) is 0. The normalized spacial score (nSPS) is 16.0. The molecule has 3 nitrogen and oxygen atoms in total. The van der Waals surface area contributed by atoms with Crippen LogP contribution in [0.15, 0.2) is 0 Å². The second kappa shape index (κ2) is 2.98. The van der Waals surface area contributed by atoms with Gasteiger partial charge in [-0.05, 0) is 6.92 Å². The molecule has 0 N–H and O–H groups in total. The molecular formula is C8H9F3N2O. The van der Waals surface area contributed by atoms with Gasteiger partial charge in [-0.3, -0.25) is 4.68 Å². The molecular weight excluding hydrogens is 197 g/mol. The highest BCUT2D eigenvalue weighted by atomic mass is 19.4. The van der Waals surface area contributed by atoms with Gasteiger partial charge in [0.2, 0.25) is 0 Å². The maximum absolute atomic E-state index is 12.5. The van der Waals surface area contributed by atoms with Crippen LogP contribution in [-0.4, -0.2) is 9.78 Å². The number of alkyl halides is 3. The SMILES string of the molecule is CCn1nc(C(F)(F)F)c2c1COC2. The Morgan fingerprint density at radius 1 is 1.43 bits per heavy atom. The van der Waals surface area contributed by atoms with E-state index in [0.717, 1.165) is 0 Å². The molecule has 0 fully saturated rings. The lowest BCUT2D eigenvalue weighted by molar-refractivity contribution is -0.142. The second-order valence-corrected chi connectivity index (χ2v) is 3.08. The molecule has 0 bridgehead atoms. The molecule has 1 aliphatic rings. The lowest BCUT2D eigenvalue weighted by Gasteiger charge is -2.03. The molecule has 0 amide bonds. The number of halogens is 3. The predicted octanol–water partition coefficient (Wildman–Crippen LogP) is 1.95. The third-order valence-corrected chi connectivity index (χ3v) is 2.22. The van der Waals surface area contributed by atoms with Crippen LogP contribution in [0, 0.1) is 0 Å². The van der Waals surface area contributed by atoms with Crippen molar-refractivity contribution in [3.8, 4) is 0 Å². The van der Waals surface area contributed by atoms with Crippen molar-refractivity contribution in [1.82, 2.24) is 9.78 Å². The number of fused-ring (bicyclic) bond motifs is 1. The Morgan fingerprint density at radius 3 is 2.71 bits per heavy atom. The Labute approximate surface area is 78.5 Å². The minimum atomic E-state index is -4.38. The highest BCUT2D eigenvalue weighted by Crippen LogP contribution is 2.35. The van der Waals surface area contributed by atoms with E-state index in [1.54, 1.807) is 6.92 Å². The van der Waals surface area contributed by atoms with E-state index in [-0.39, 0.29) is 18.8 Å². The van der Waals surface area contributed by atoms with Crippen LogP contribution in [0.1, 0.15) is 23.9 Å². The summed E-state index contributed by atoms with van der Waals surface area (Å²) < 4.78 is 43.7. The van der Waals surface area contributed by atoms with Crippen LogP contribution < -0.4 is 0 Å². The minimum Gasteiger partial charge on any atom is -0.370 e. The number of aryl methyl sites for hydroxylation is 1. The monoisotopic (exact) mass is 206 g/mol. The Kier molecular flexibility index (Phi) is 2.02. The number of hydrogen-bond donors (Lipinski definition) is 0. The molecule has 1 aromatic rings. The summed E-state index contributed by atoms with van der Waals surface area (Å²) in [6.07, 6.45) is -4.38. The molecule has 0 atom stereocenters. The highest BCUT2D eigenvalue weighted by molar-refractivity contribution is 5.29. The van der Waals surface area contributed by atoms with Gasteiger partial charge >= 0.3 is 6.18 Å². The van der Waals surface area contributed by atoms with Crippen LogP contribution in [0.3, 0.4) is 0 Å². The van der Waals surface area contributed by atoms with Crippen molar-refractivity contribution >= 4 is 0 Å². The van der Waals surface area contributed by atoms with Crippen LogP contribution in [0.4, 0.5) is 13.2 Å². The second-order valence-electron chi connectivity index (χ2n) is 3.08. The molecule has 0 radical (unpaired) electrons. The Hall–Kier alpha value is -1.04. The molecule has 2 rings (SSSR count). The van der Waals surface area contributed by atoms with Gasteiger partial charge in [0.25, 0.3) is 0 Å². The predicted molar refractivity (Wildman–Crippen MR) is 41.4 cm³/mol. The summed E-state index contributed by atoms with van der Waals surface area (Å²) in [5.74, 6) is 0. The van der Waals surface area contributed by atoms with Crippen LogP contribution in [0.2, 0.25) is 0 Å². The van der Waals surface area contributed by atoms with Crippen molar-refractivity contribution in [2.24, 2.45) is 0 Å². The molecule has 0 saturated heterocycles. The first kappa shape index (κ1) is 9.51. The molecule has 1 aliphatic heterocycles. The van der Waals surface area contributed by atoms with Gasteiger partial charge in [-0.15, -0.1) is 0 Å². The van der Waals surface area contributed by atoms with Gasteiger partial charge in [0.1, 0.15) is 0 Å². The number of nitrogens with zero attached hydrogens (tertiary/aromatic N) is 2. The van der Waals surface area contributed by atoms with Crippen molar-refractivity contribution in [1.29, 1.82) is 0 Å². The van der Waals surface area contributed by atoms with E-state index >= 15 is 0 Å². The van der Waals surface area contributed by atoms with Crippen molar-refractivity contribution in [3.05, 3.63) is 17.0 Å². The van der Waals surface area contributed by atoms with Gasteiger partial charge in [0.05, 0.1) is 18.9 Å². The summed E-state index contributed by atoms with van der Waals surface area (Å²) in [5, 5.41) is 3.53. The Balaban J connectivity index is 2.52. The number of ether oxygens (including phenoxy) is 1. The van der Waals surface area contributed by atoms with Gasteiger partial charge < -0.3 is 4.74 Å². The van der Waals surface area contributed by atoms with Gasteiger partial charge in [-0.25, -0.2) is 0 Å². The lowest BCUT2D eigenvalue weighted by atomic mass is 10.2. The van der Waals surface area contributed by atoms with E-state index in [4.69, 9.17) is 4.74 Å². The molecule has 0 spiro atoms. The smallest absolute Gasteiger partial charge is 0.370 e. The van der Waals surface area contributed by atoms with Crippen LogP contribution in [0.25, 0.3) is 0 Å². The van der Waals surface area contributed by atoms with E-state index in [2.05, 4.69) is 5.10 Å². The maximum atomic E-state index is 12.5. The van der Waals surface area contributed by atoms with Gasteiger partial charge in [0, 0.05) is 12.1 Å². The zero-order chi connectivity index (χ0) is 10.3. The van der Waals surface area contributed by atoms with Crippen molar-refractivity contribution in [2.45, 2.75) is 32.9 Å². The summed E-state index contributed by atoms with van der Waals surface area (Å²) in [6, 6.07) is 0. The van der Waals surface area contributed by atoms with E-state index in [1.807, 2.05) is 0 Å². The summed E-state index contributed by atoms with van der Waals surface area (Å²) in [4.78, 5) is 0. The molecule has 0 unspecified atom stereocenters. The van der Waals surface area contributed by atoms with Gasteiger partial charge in [-0.2, -0.15) is 18.3 Å². The molecule has 6 heteroatoms. The highest BCUT2D eigenvalue weighted by Gasteiger charge is 2.40. The van der Waals surface area contributed by atoms with E-state index in [0.29, 0.717) is 12.2 Å². The molecule has 78 valence electrons. The molecule has 0 aromatic carbocycles. The molecule has 2 heterocycles. The van der Waals surface area contributed by atoms with Crippen molar-refractivity contribution in [3.63, 3.8) is 0 Å². The molecule has 14 heavy (non-hydrogen) atoms. The fourth-order valence-electron chi connectivity index (χ4n) is 1.59. The van der Waals surface area contributed by atoms with E-state index < -0.39 is 11.9 Å². The molecule has 1 aromatic heterocycles. The average molecular weight is 206 g/mol. The quantitative estimate of drug-likeness (QED) is 0.702.